The van der Waals surface area contributed by atoms with Gasteiger partial charge in [-0.2, -0.15) is 0 Å². The topological polar surface area (TPSA) is 56.8 Å². The summed E-state index contributed by atoms with van der Waals surface area (Å²) in [6, 6.07) is 21.1. The van der Waals surface area contributed by atoms with Crippen LogP contribution in [0.3, 0.4) is 0 Å². The second-order valence-electron chi connectivity index (χ2n) is 10.6. The molecule has 0 spiro atoms. The molecule has 5 nitrogen and oxygen atoms in total. The molecule has 1 heterocycles. The third-order valence-corrected chi connectivity index (χ3v) is 7.95. The molecule has 38 heavy (non-hydrogen) atoms. The van der Waals surface area contributed by atoms with Gasteiger partial charge in [-0.3, -0.25) is 0 Å². The van der Waals surface area contributed by atoms with Crippen LogP contribution in [0.4, 0.5) is 9.18 Å². The predicted molar refractivity (Wildman–Crippen MR) is 149 cm³/mol. The highest BCUT2D eigenvalue weighted by Crippen LogP contribution is 2.44. The van der Waals surface area contributed by atoms with E-state index in [0.717, 1.165) is 22.3 Å². The van der Waals surface area contributed by atoms with Gasteiger partial charge in [0, 0.05) is 18.0 Å². The molecule has 8 heteroatoms. The van der Waals surface area contributed by atoms with Gasteiger partial charge < -0.3 is 19.4 Å². The summed E-state index contributed by atoms with van der Waals surface area (Å²) in [5.74, 6) is -0.601. The highest BCUT2D eigenvalue weighted by Gasteiger charge is 2.52. The van der Waals surface area contributed by atoms with Gasteiger partial charge in [-0.15, -0.1) is 0 Å². The van der Waals surface area contributed by atoms with Crippen LogP contribution in [0.2, 0.25) is 5.02 Å². The number of hydrogen-bond donors (Lipinski definition) is 1. The summed E-state index contributed by atoms with van der Waals surface area (Å²) in [4.78, 5) is 12.8. The molecule has 0 saturated carbocycles. The van der Waals surface area contributed by atoms with Gasteiger partial charge in [0.25, 0.3) is 0 Å². The number of carbonyl (C=O) groups excluding carboxylic acids is 1. The lowest BCUT2D eigenvalue weighted by Gasteiger charge is -2.32. The zero-order chi connectivity index (χ0) is 27.1. The summed E-state index contributed by atoms with van der Waals surface area (Å²) in [5, 5.41) is 2.81. The maximum Gasteiger partial charge on any atom is 0.492 e. The SMILES string of the molecule is CC1(C)OB(C(=Cc2cccc(Cl)c2F)CNC(=O)OCC2c3ccccc3-c3ccccc32)OC1(C)C. The molecule has 196 valence electrons. The summed E-state index contributed by atoms with van der Waals surface area (Å²) in [6.45, 7) is 7.97. The third-order valence-electron chi connectivity index (χ3n) is 7.66. The van der Waals surface area contributed by atoms with Crippen LogP contribution in [0, 0.1) is 5.82 Å². The van der Waals surface area contributed by atoms with Crippen molar-refractivity contribution in [2.45, 2.75) is 44.8 Å². The van der Waals surface area contributed by atoms with Crippen molar-refractivity contribution in [1.82, 2.24) is 5.32 Å². The summed E-state index contributed by atoms with van der Waals surface area (Å²) < 4.78 is 32.8. The highest BCUT2D eigenvalue weighted by molar-refractivity contribution is 6.56. The molecule has 0 aromatic heterocycles. The third kappa shape index (κ3) is 4.98. The fraction of sp³-hybridized carbons (Fsp3) is 0.300. The van der Waals surface area contributed by atoms with Crippen molar-refractivity contribution in [1.29, 1.82) is 0 Å². The van der Waals surface area contributed by atoms with Crippen molar-refractivity contribution in [2.75, 3.05) is 13.2 Å². The van der Waals surface area contributed by atoms with Crippen LogP contribution in [0.25, 0.3) is 17.2 Å². The summed E-state index contributed by atoms with van der Waals surface area (Å²) in [7, 11) is -0.785. The largest absolute Gasteiger partial charge is 0.492 e. The lowest BCUT2D eigenvalue weighted by Crippen LogP contribution is -2.41. The summed E-state index contributed by atoms with van der Waals surface area (Å²) in [6.07, 6.45) is 1.02. The van der Waals surface area contributed by atoms with Crippen LogP contribution in [0.15, 0.2) is 72.2 Å². The molecule has 0 unspecified atom stereocenters. The van der Waals surface area contributed by atoms with Crippen molar-refractivity contribution in [3.63, 3.8) is 0 Å². The van der Waals surface area contributed by atoms with Gasteiger partial charge >= 0.3 is 13.2 Å². The average Bonchev–Trinajstić information content (AvgIpc) is 3.32. The predicted octanol–water partition coefficient (Wildman–Crippen LogP) is 7.03. The molecule has 0 bridgehead atoms. The Labute approximate surface area is 228 Å². The van der Waals surface area contributed by atoms with Gasteiger partial charge in [0.2, 0.25) is 0 Å². The van der Waals surface area contributed by atoms with Crippen LogP contribution in [0.5, 0.6) is 0 Å². The molecule has 5 rings (SSSR count). The Bertz CT molecular complexity index is 1350. The van der Waals surface area contributed by atoms with E-state index in [2.05, 4.69) is 29.6 Å². The van der Waals surface area contributed by atoms with Crippen molar-refractivity contribution < 1.29 is 23.2 Å². The lowest BCUT2D eigenvalue weighted by molar-refractivity contribution is 0.00578. The number of carbonyl (C=O) groups is 1. The Kier molecular flexibility index (Phi) is 7.12. The monoisotopic (exact) mass is 533 g/mol. The average molecular weight is 534 g/mol. The first-order valence-corrected chi connectivity index (χ1v) is 13.0. The van der Waals surface area contributed by atoms with Gasteiger partial charge in [-0.05, 0) is 61.5 Å². The molecule has 0 atom stereocenters. The molecule has 3 aromatic rings. The Balaban J connectivity index is 1.31. The number of alkyl carbamates (subject to hydrolysis) is 1. The minimum Gasteiger partial charge on any atom is -0.449 e. The van der Waals surface area contributed by atoms with E-state index in [9.17, 15) is 9.18 Å². The number of halogens is 2. The maximum atomic E-state index is 14.7. The Morgan fingerprint density at radius 3 is 2.16 bits per heavy atom. The quantitative estimate of drug-likeness (QED) is 0.346. The van der Waals surface area contributed by atoms with E-state index >= 15 is 0 Å². The number of rotatable bonds is 6. The molecule has 1 saturated heterocycles. The summed E-state index contributed by atoms with van der Waals surface area (Å²) in [5.41, 5.74) is 4.19. The van der Waals surface area contributed by atoms with E-state index < -0.39 is 30.2 Å². The Hall–Kier alpha value is -3.13. The minimum absolute atomic E-state index is 0.0107. The fourth-order valence-corrected chi connectivity index (χ4v) is 5.03. The molecule has 1 aliphatic heterocycles. The zero-order valence-corrected chi connectivity index (χ0v) is 22.6. The normalized spacial score (nSPS) is 17.7. The Morgan fingerprint density at radius 1 is 0.974 bits per heavy atom. The van der Waals surface area contributed by atoms with Crippen molar-refractivity contribution in [3.8, 4) is 11.1 Å². The van der Waals surface area contributed by atoms with Crippen LogP contribution < -0.4 is 5.32 Å². The van der Waals surface area contributed by atoms with Crippen molar-refractivity contribution >= 4 is 30.9 Å². The minimum atomic E-state index is -0.785. The number of amides is 1. The first kappa shape index (κ1) is 26.5. The van der Waals surface area contributed by atoms with E-state index in [-0.39, 0.29) is 29.7 Å². The zero-order valence-electron chi connectivity index (χ0n) is 21.9. The van der Waals surface area contributed by atoms with Crippen LogP contribution >= 0.6 is 11.6 Å². The smallest absolute Gasteiger partial charge is 0.449 e. The number of nitrogens with one attached hydrogen (secondary N) is 1. The summed E-state index contributed by atoms with van der Waals surface area (Å²) >= 11 is 5.99. The molecule has 1 N–H and O–H groups in total. The Morgan fingerprint density at radius 2 is 1.55 bits per heavy atom. The van der Waals surface area contributed by atoms with E-state index in [1.54, 1.807) is 18.2 Å². The molecule has 1 fully saturated rings. The van der Waals surface area contributed by atoms with E-state index in [4.69, 9.17) is 25.6 Å². The molecule has 1 amide bonds. The van der Waals surface area contributed by atoms with Gasteiger partial charge in [-0.25, -0.2) is 9.18 Å². The molecule has 2 aliphatic rings. The molecule has 1 aliphatic carbocycles. The first-order chi connectivity index (χ1) is 18.1. The van der Waals surface area contributed by atoms with E-state index in [0.29, 0.717) is 5.47 Å². The number of hydrogen-bond acceptors (Lipinski definition) is 4. The van der Waals surface area contributed by atoms with Crippen molar-refractivity contribution in [2.24, 2.45) is 0 Å². The first-order valence-electron chi connectivity index (χ1n) is 12.7. The maximum absolute atomic E-state index is 14.7. The van der Waals surface area contributed by atoms with Crippen LogP contribution in [-0.2, 0) is 14.0 Å². The van der Waals surface area contributed by atoms with Gasteiger partial charge in [-0.1, -0.05) is 78.3 Å². The highest BCUT2D eigenvalue weighted by atomic mass is 35.5. The molecule has 3 aromatic carbocycles. The van der Waals surface area contributed by atoms with Crippen LogP contribution in [0.1, 0.15) is 50.3 Å². The van der Waals surface area contributed by atoms with Gasteiger partial charge in [0.1, 0.15) is 12.4 Å². The van der Waals surface area contributed by atoms with Crippen molar-refractivity contribution in [3.05, 3.63) is 99.7 Å². The standard InChI is InChI=1S/C30H30BClFNO4/c1-29(2)30(3,4)38-31(37-29)20(16-19-10-9-15-26(32)27(19)33)17-34-28(35)36-18-25-23-13-7-5-11-21(23)22-12-6-8-14-24(22)25/h5-16,25H,17-18H2,1-4H3,(H,34,35). The molecular formula is C30H30BClFNO4. The molecular weight excluding hydrogens is 504 g/mol. The fourth-order valence-electron chi connectivity index (χ4n) is 4.85. The molecule has 0 radical (unpaired) electrons. The van der Waals surface area contributed by atoms with E-state index in [1.165, 1.54) is 6.07 Å². The number of benzene rings is 3. The van der Waals surface area contributed by atoms with Crippen LogP contribution in [-0.4, -0.2) is 37.6 Å². The second-order valence-corrected chi connectivity index (χ2v) is 11.0. The van der Waals surface area contributed by atoms with Gasteiger partial charge in [0.05, 0.1) is 16.2 Å². The van der Waals surface area contributed by atoms with Gasteiger partial charge in [0.15, 0.2) is 0 Å². The number of fused-ring (bicyclic) bond motifs is 3. The lowest BCUT2D eigenvalue weighted by atomic mass is 9.77. The number of ether oxygens (including phenoxy) is 1. The second kappa shape index (κ2) is 10.2. The van der Waals surface area contributed by atoms with E-state index in [1.807, 2.05) is 52.0 Å².